The molecule has 0 atom stereocenters. The second kappa shape index (κ2) is 6.51. The maximum atomic E-state index is 12.0. The first-order valence-corrected chi connectivity index (χ1v) is 7.04. The molecule has 8 heteroatoms. The average molecular weight is 333 g/mol. The molecule has 0 saturated carbocycles. The Kier molecular flexibility index (Phi) is 4.92. The number of carboxylic acid groups (broad SMARTS) is 1. The number of carbonyl (C=O) groups is 2. The predicted octanol–water partition coefficient (Wildman–Crippen LogP) is 2.75. The quantitative estimate of drug-likeness (QED) is 0.794. The Morgan fingerprint density at radius 1 is 1.24 bits per heavy atom. The summed E-state index contributed by atoms with van der Waals surface area (Å²) < 4.78 is 5.14. The summed E-state index contributed by atoms with van der Waals surface area (Å²) in [5, 5.41) is 14.9. The number of anilines is 1. The first-order valence-electron chi connectivity index (χ1n) is 6.29. The van der Waals surface area contributed by atoms with Gasteiger partial charge in [0.1, 0.15) is 5.54 Å². The average Bonchev–Trinajstić information content (AvgIpc) is 2.44. The van der Waals surface area contributed by atoms with E-state index in [0.717, 1.165) is 0 Å². The summed E-state index contributed by atoms with van der Waals surface area (Å²) in [6.07, 6.45) is 0.415. The van der Waals surface area contributed by atoms with Gasteiger partial charge in [-0.3, -0.25) is 0 Å². The molecule has 0 unspecified atom stereocenters. The fraction of sp³-hybridized carbons (Fsp3) is 0.385. The number of carboxylic acids is 1. The topological polar surface area (TPSA) is 87.7 Å². The zero-order valence-corrected chi connectivity index (χ0v) is 12.5. The molecule has 2 amide bonds. The molecule has 1 saturated heterocycles. The third-order valence-corrected chi connectivity index (χ3v) is 4.13. The minimum atomic E-state index is -1.33. The van der Waals surface area contributed by atoms with Crippen LogP contribution in [0.25, 0.3) is 0 Å². The van der Waals surface area contributed by atoms with Crippen LogP contribution in [0.3, 0.4) is 0 Å². The monoisotopic (exact) mass is 332 g/mol. The zero-order chi connectivity index (χ0) is 15.5. The zero-order valence-electron chi connectivity index (χ0n) is 11.0. The molecule has 0 aliphatic carbocycles. The van der Waals surface area contributed by atoms with E-state index in [1.165, 1.54) is 0 Å². The summed E-state index contributed by atoms with van der Waals surface area (Å²) in [4.78, 5) is 23.5. The van der Waals surface area contributed by atoms with E-state index < -0.39 is 17.5 Å². The minimum Gasteiger partial charge on any atom is -0.480 e. The van der Waals surface area contributed by atoms with Crippen molar-refractivity contribution in [3.8, 4) is 0 Å². The number of carbonyl (C=O) groups excluding carboxylic acids is 1. The van der Waals surface area contributed by atoms with E-state index in [1.807, 2.05) is 0 Å². The van der Waals surface area contributed by atoms with E-state index in [1.54, 1.807) is 18.2 Å². The summed E-state index contributed by atoms with van der Waals surface area (Å²) in [5.41, 5.74) is -1.01. The number of urea groups is 1. The molecule has 1 aliphatic heterocycles. The fourth-order valence-corrected chi connectivity index (χ4v) is 2.43. The van der Waals surface area contributed by atoms with Crippen LogP contribution in [0, 0.1) is 0 Å². The number of amides is 2. The largest absolute Gasteiger partial charge is 0.480 e. The van der Waals surface area contributed by atoms with Crippen molar-refractivity contribution in [3.63, 3.8) is 0 Å². The van der Waals surface area contributed by atoms with Crippen LogP contribution in [-0.2, 0) is 9.53 Å². The molecule has 1 aliphatic rings. The molecule has 1 aromatic rings. The number of halogens is 2. The molecule has 114 valence electrons. The number of rotatable bonds is 3. The summed E-state index contributed by atoms with van der Waals surface area (Å²) >= 11 is 11.8. The third-order valence-electron chi connectivity index (χ3n) is 3.31. The normalized spacial score (nSPS) is 17.0. The number of benzene rings is 1. The van der Waals surface area contributed by atoms with Crippen molar-refractivity contribution >= 4 is 40.9 Å². The Hall–Kier alpha value is -1.50. The molecular weight excluding hydrogens is 319 g/mol. The molecule has 21 heavy (non-hydrogen) atoms. The van der Waals surface area contributed by atoms with E-state index in [-0.39, 0.29) is 31.1 Å². The van der Waals surface area contributed by atoms with Gasteiger partial charge in [-0.2, -0.15) is 0 Å². The molecule has 1 aromatic carbocycles. The standard InChI is InChI=1S/C13H14Cl2N2O4/c14-8-2-1-3-9(10(8)15)16-12(20)17-13(11(18)19)4-6-21-7-5-13/h1-3H,4-7H2,(H,18,19)(H2,16,17,20). The van der Waals surface area contributed by atoms with Crippen molar-refractivity contribution in [2.45, 2.75) is 18.4 Å². The van der Waals surface area contributed by atoms with Crippen LogP contribution in [-0.4, -0.2) is 35.9 Å². The van der Waals surface area contributed by atoms with Gasteiger partial charge in [0.2, 0.25) is 0 Å². The Morgan fingerprint density at radius 3 is 2.52 bits per heavy atom. The van der Waals surface area contributed by atoms with E-state index in [4.69, 9.17) is 27.9 Å². The second-order valence-electron chi connectivity index (χ2n) is 4.68. The van der Waals surface area contributed by atoms with Gasteiger partial charge in [-0.25, -0.2) is 9.59 Å². The second-order valence-corrected chi connectivity index (χ2v) is 5.47. The summed E-state index contributed by atoms with van der Waals surface area (Å²) in [6.45, 7) is 0.564. The van der Waals surface area contributed by atoms with Gasteiger partial charge < -0.3 is 20.5 Å². The van der Waals surface area contributed by atoms with E-state index >= 15 is 0 Å². The Labute approximate surface area is 131 Å². The van der Waals surface area contributed by atoms with Crippen molar-refractivity contribution in [3.05, 3.63) is 28.2 Å². The fourth-order valence-electron chi connectivity index (χ4n) is 2.08. The van der Waals surface area contributed by atoms with Crippen LogP contribution < -0.4 is 10.6 Å². The number of hydrogen-bond acceptors (Lipinski definition) is 3. The van der Waals surface area contributed by atoms with Gasteiger partial charge in [-0.15, -0.1) is 0 Å². The number of hydrogen-bond donors (Lipinski definition) is 3. The lowest BCUT2D eigenvalue weighted by Gasteiger charge is -2.33. The van der Waals surface area contributed by atoms with E-state index in [0.29, 0.717) is 10.7 Å². The lowest BCUT2D eigenvalue weighted by Crippen LogP contribution is -2.58. The minimum absolute atomic E-state index is 0.200. The molecule has 1 heterocycles. The molecule has 0 radical (unpaired) electrons. The van der Waals surface area contributed by atoms with Crippen LogP contribution in [0.1, 0.15) is 12.8 Å². The van der Waals surface area contributed by atoms with Crippen molar-refractivity contribution in [2.75, 3.05) is 18.5 Å². The molecule has 0 aromatic heterocycles. The number of ether oxygens (including phenoxy) is 1. The molecule has 2 rings (SSSR count). The number of aliphatic carboxylic acids is 1. The molecular formula is C13H14Cl2N2O4. The van der Waals surface area contributed by atoms with E-state index in [2.05, 4.69) is 10.6 Å². The van der Waals surface area contributed by atoms with Crippen molar-refractivity contribution in [1.29, 1.82) is 0 Å². The molecule has 0 spiro atoms. The Balaban J connectivity index is 2.09. The SMILES string of the molecule is O=C(Nc1cccc(Cl)c1Cl)NC1(C(=O)O)CCOCC1. The van der Waals surface area contributed by atoms with Gasteiger partial charge in [0, 0.05) is 26.1 Å². The molecule has 1 fully saturated rings. The van der Waals surface area contributed by atoms with Crippen LogP contribution in [0.4, 0.5) is 10.5 Å². The van der Waals surface area contributed by atoms with Gasteiger partial charge >= 0.3 is 12.0 Å². The van der Waals surface area contributed by atoms with Crippen LogP contribution in [0.15, 0.2) is 18.2 Å². The Morgan fingerprint density at radius 2 is 1.90 bits per heavy atom. The van der Waals surface area contributed by atoms with Crippen molar-refractivity contribution in [2.24, 2.45) is 0 Å². The van der Waals surface area contributed by atoms with Gasteiger partial charge in [-0.1, -0.05) is 29.3 Å². The molecule has 3 N–H and O–H groups in total. The summed E-state index contributed by atoms with van der Waals surface area (Å²) in [7, 11) is 0. The van der Waals surface area contributed by atoms with E-state index in [9.17, 15) is 14.7 Å². The Bertz CT molecular complexity index is 559. The lowest BCUT2D eigenvalue weighted by atomic mass is 9.90. The predicted molar refractivity (Wildman–Crippen MR) is 79.0 cm³/mol. The van der Waals surface area contributed by atoms with Crippen LogP contribution in [0.2, 0.25) is 10.0 Å². The van der Waals surface area contributed by atoms with Crippen LogP contribution in [0.5, 0.6) is 0 Å². The van der Waals surface area contributed by atoms with Gasteiger partial charge in [0.05, 0.1) is 15.7 Å². The van der Waals surface area contributed by atoms with Gasteiger partial charge in [0.15, 0.2) is 0 Å². The van der Waals surface area contributed by atoms with Crippen molar-refractivity contribution < 1.29 is 19.4 Å². The third kappa shape index (κ3) is 3.58. The first kappa shape index (κ1) is 15.9. The molecule has 6 nitrogen and oxygen atoms in total. The van der Waals surface area contributed by atoms with Crippen molar-refractivity contribution in [1.82, 2.24) is 5.32 Å². The highest BCUT2D eigenvalue weighted by molar-refractivity contribution is 6.43. The summed E-state index contributed by atoms with van der Waals surface area (Å²) in [6, 6.07) is 4.14. The lowest BCUT2D eigenvalue weighted by molar-refractivity contribution is -0.148. The highest BCUT2D eigenvalue weighted by atomic mass is 35.5. The highest BCUT2D eigenvalue weighted by Crippen LogP contribution is 2.29. The number of nitrogens with one attached hydrogen (secondary N) is 2. The highest BCUT2D eigenvalue weighted by Gasteiger charge is 2.41. The van der Waals surface area contributed by atoms with Crippen LogP contribution >= 0.6 is 23.2 Å². The first-order chi connectivity index (χ1) is 9.94. The maximum absolute atomic E-state index is 12.0. The summed E-state index contributed by atoms with van der Waals surface area (Å²) in [5.74, 6) is -1.09. The molecule has 0 bridgehead atoms. The van der Waals surface area contributed by atoms with Gasteiger partial charge in [-0.05, 0) is 12.1 Å². The van der Waals surface area contributed by atoms with Gasteiger partial charge in [0.25, 0.3) is 0 Å². The maximum Gasteiger partial charge on any atom is 0.329 e. The smallest absolute Gasteiger partial charge is 0.329 e.